The van der Waals surface area contributed by atoms with E-state index in [-0.39, 0.29) is 24.6 Å². The van der Waals surface area contributed by atoms with Gasteiger partial charge in [0.15, 0.2) is 6.10 Å². The molecule has 1 atom stereocenters. The molecule has 9 heteroatoms. The zero-order chi connectivity index (χ0) is 24.1. The van der Waals surface area contributed by atoms with Gasteiger partial charge in [-0.05, 0) is 55.0 Å². The first-order valence-corrected chi connectivity index (χ1v) is 12.2. The van der Waals surface area contributed by atoms with Crippen molar-refractivity contribution in [1.29, 1.82) is 0 Å². The third kappa shape index (κ3) is 4.94. The predicted octanol–water partition coefficient (Wildman–Crippen LogP) is 3.16. The van der Waals surface area contributed by atoms with Gasteiger partial charge in [0.25, 0.3) is 15.9 Å². The van der Waals surface area contributed by atoms with Crippen molar-refractivity contribution in [2.75, 3.05) is 31.1 Å². The Labute approximate surface area is 199 Å². The number of anilines is 1. The number of methoxy groups -OCH3 is 1. The molecule has 0 spiro atoms. The monoisotopic (exact) mass is 482 g/mol. The summed E-state index contributed by atoms with van der Waals surface area (Å²) in [6, 6.07) is 20.5. The summed E-state index contributed by atoms with van der Waals surface area (Å²) in [4.78, 5) is 12.9. The van der Waals surface area contributed by atoms with Gasteiger partial charge < -0.3 is 19.5 Å². The smallest absolute Gasteiger partial charge is 0.264 e. The highest BCUT2D eigenvalue weighted by molar-refractivity contribution is 7.92. The number of hydrogen-bond acceptors (Lipinski definition) is 6. The van der Waals surface area contributed by atoms with Gasteiger partial charge in [0.1, 0.15) is 23.9 Å². The second-order valence-corrected chi connectivity index (χ2v) is 9.55. The Kier molecular flexibility index (Phi) is 6.93. The number of hydrogen-bond donors (Lipinski definition) is 1. The summed E-state index contributed by atoms with van der Waals surface area (Å²) in [5.74, 6) is 1.20. The lowest BCUT2D eigenvalue weighted by molar-refractivity contribution is -0.127. The quantitative estimate of drug-likeness (QED) is 0.496. The van der Waals surface area contributed by atoms with E-state index >= 15 is 0 Å². The van der Waals surface area contributed by atoms with Gasteiger partial charge in [-0.15, -0.1) is 0 Å². The number of carbonyl (C=O) groups is 1. The van der Waals surface area contributed by atoms with Crippen molar-refractivity contribution in [3.8, 4) is 17.2 Å². The molecule has 1 N–H and O–H groups in total. The first kappa shape index (κ1) is 23.4. The van der Waals surface area contributed by atoms with Crippen LogP contribution in [0.4, 0.5) is 5.69 Å². The fourth-order valence-electron chi connectivity index (χ4n) is 3.61. The maximum atomic E-state index is 13.4. The Morgan fingerprint density at radius 2 is 1.76 bits per heavy atom. The average molecular weight is 483 g/mol. The van der Waals surface area contributed by atoms with Crippen LogP contribution in [0.1, 0.15) is 5.56 Å². The molecule has 3 aromatic carbocycles. The first-order chi connectivity index (χ1) is 16.4. The third-order valence-electron chi connectivity index (χ3n) is 5.43. The number of fused-ring (bicyclic) bond motifs is 1. The normalized spacial score (nSPS) is 15.1. The molecule has 0 radical (unpaired) electrons. The Bertz CT molecular complexity index is 1260. The van der Waals surface area contributed by atoms with Crippen molar-refractivity contribution in [2.45, 2.75) is 17.9 Å². The zero-order valence-corrected chi connectivity index (χ0v) is 19.7. The van der Waals surface area contributed by atoms with Crippen LogP contribution in [-0.4, -0.2) is 47.2 Å². The number of carbonyl (C=O) groups excluding carboxylic acids is 1. The van der Waals surface area contributed by atoms with Crippen LogP contribution in [0.15, 0.2) is 77.7 Å². The lowest BCUT2D eigenvalue weighted by Gasteiger charge is -2.34. The summed E-state index contributed by atoms with van der Waals surface area (Å²) in [6.45, 7) is 2.31. The molecule has 1 amide bonds. The van der Waals surface area contributed by atoms with E-state index in [4.69, 9.17) is 14.2 Å². The van der Waals surface area contributed by atoms with Gasteiger partial charge in [-0.2, -0.15) is 0 Å². The van der Waals surface area contributed by atoms with E-state index in [0.717, 1.165) is 11.3 Å². The lowest BCUT2D eigenvalue weighted by Crippen LogP contribution is -2.51. The van der Waals surface area contributed by atoms with Crippen LogP contribution in [0, 0.1) is 6.92 Å². The number of sulfonamides is 1. The highest BCUT2D eigenvalue weighted by Gasteiger charge is 2.37. The van der Waals surface area contributed by atoms with Crippen molar-refractivity contribution >= 4 is 21.6 Å². The second kappa shape index (κ2) is 10.0. The molecule has 1 heterocycles. The zero-order valence-electron chi connectivity index (χ0n) is 18.9. The molecule has 34 heavy (non-hydrogen) atoms. The molecule has 0 aliphatic carbocycles. The maximum Gasteiger partial charge on any atom is 0.264 e. The number of nitrogens with one attached hydrogen (secondary N) is 1. The van der Waals surface area contributed by atoms with Gasteiger partial charge in [0, 0.05) is 0 Å². The number of amides is 1. The van der Waals surface area contributed by atoms with Crippen LogP contribution in [0.2, 0.25) is 0 Å². The standard InChI is InChI=1S/C25H26N2O6S/c1-18-7-3-5-9-22(18)32-16-15-26-25(28)24-17-27(21-8-4-6-10-23(21)33-24)34(29,30)20-13-11-19(31-2)12-14-20/h3-14,24H,15-17H2,1-2H3,(H,26,28)/t24-/m0/s1. The minimum absolute atomic E-state index is 0.0933. The Hall–Kier alpha value is -3.72. The number of rotatable bonds is 8. The largest absolute Gasteiger partial charge is 0.497 e. The number of benzene rings is 3. The van der Waals surface area contributed by atoms with E-state index < -0.39 is 22.0 Å². The SMILES string of the molecule is COc1ccc(S(=O)(=O)N2C[C@@H](C(=O)NCCOc3ccccc3C)Oc3ccccc32)cc1. The highest BCUT2D eigenvalue weighted by atomic mass is 32.2. The summed E-state index contributed by atoms with van der Waals surface area (Å²) in [5.41, 5.74) is 1.38. The fourth-order valence-corrected chi connectivity index (χ4v) is 5.08. The molecule has 0 unspecified atom stereocenters. The van der Waals surface area contributed by atoms with E-state index in [0.29, 0.717) is 17.2 Å². The minimum Gasteiger partial charge on any atom is -0.497 e. The van der Waals surface area contributed by atoms with Crippen molar-refractivity contribution in [3.05, 3.63) is 78.4 Å². The topological polar surface area (TPSA) is 94.2 Å². The third-order valence-corrected chi connectivity index (χ3v) is 7.22. The second-order valence-electron chi connectivity index (χ2n) is 7.69. The van der Waals surface area contributed by atoms with Gasteiger partial charge in [-0.3, -0.25) is 9.10 Å². The molecule has 1 aliphatic rings. The van der Waals surface area contributed by atoms with E-state index in [2.05, 4.69) is 5.32 Å². The van der Waals surface area contributed by atoms with Crippen molar-refractivity contribution < 1.29 is 27.4 Å². The highest BCUT2D eigenvalue weighted by Crippen LogP contribution is 2.37. The van der Waals surface area contributed by atoms with Crippen molar-refractivity contribution in [1.82, 2.24) is 5.32 Å². The van der Waals surface area contributed by atoms with Crippen molar-refractivity contribution in [3.63, 3.8) is 0 Å². The summed E-state index contributed by atoms with van der Waals surface area (Å²) < 4.78 is 44.8. The maximum absolute atomic E-state index is 13.4. The average Bonchev–Trinajstić information content (AvgIpc) is 2.86. The Balaban J connectivity index is 1.47. The van der Waals surface area contributed by atoms with Crippen LogP contribution in [0.25, 0.3) is 0 Å². The van der Waals surface area contributed by atoms with Crippen LogP contribution in [-0.2, 0) is 14.8 Å². The number of para-hydroxylation sites is 3. The minimum atomic E-state index is -3.94. The Morgan fingerprint density at radius 3 is 2.50 bits per heavy atom. The van der Waals surface area contributed by atoms with Crippen LogP contribution < -0.4 is 23.8 Å². The Morgan fingerprint density at radius 1 is 1.06 bits per heavy atom. The molecule has 178 valence electrons. The molecule has 3 aromatic rings. The molecule has 8 nitrogen and oxygen atoms in total. The van der Waals surface area contributed by atoms with E-state index in [1.807, 2.05) is 31.2 Å². The van der Waals surface area contributed by atoms with Gasteiger partial charge >= 0.3 is 0 Å². The van der Waals surface area contributed by atoms with Crippen LogP contribution in [0.3, 0.4) is 0 Å². The van der Waals surface area contributed by atoms with E-state index in [9.17, 15) is 13.2 Å². The van der Waals surface area contributed by atoms with E-state index in [1.54, 1.807) is 36.4 Å². The van der Waals surface area contributed by atoms with Crippen LogP contribution >= 0.6 is 0 Å². The molecular weight excluding hydrogens is 456 g/mol. The molecule has 0 saturated heterocycles. The molecule has 1 aliphatic heterocycles. The molecule has 0 bridgehead atoms. The van der Waals surface area contributed by atoms with Crippen LogP contribution in [0.5, 0.6) is 17.2 Å². The first-order valence-electron chi connectivity index (χ1n) is 10.8. The fraction of sp³-hybridized carbons (Fsp3) is 0.240. The number of aryl methyl sites for hydroxylation is 1. The molecule has 0 fully saturated rings. The summed E-state index contributed by atoms with van der Waals surface area (Å²) >= 11 is 0. The molecule has 0 saturated carbocycles. The predicted molar refractivity (Wildman–Crippen MR) is 128 cm³/mol. The number of ether oxygens (including phenoxy) is 3. The summed E-state index contributed by atoms with van der Waals surface area (Å²) in [7, 11) is -2.43. The molecule has 0 aromatic heterocycles. The summed E-state index contributed by atoms with van der Waals surface area (Å²) in [5, 5.41) is 2.77. The number of nitrogens with zero attached hydrogens (tertiary/aromatic N) is 1. The van der Waals surface area contributed by atoms with Gasteiger partial charge in [0.05, 0.1) is 30.8 Å². The molecule has 4 rings (SSSR count). The van der Waals surface area contributed by atoms with Gasteiger partial charge in [-0.1, -0.05) is 30.3 Å². The molecular formula is C25H26N2O6S. The van der Waals surface area contributed by atoms with Crippen molar-refractivity contribution in [2.24, 2.45) is 0 Å². The van der Waals surface area contributed by atoms with Gasteiger partial charge in [-0.25, -0.2) is 8.42 Å². The lowest BCUT2D eigenvalue weighted by atomic mass is 10.2. The van der Waals surface area contributed by atoms with E-state index in [1.165, 1.54) is 23.5 Å². The summed E-state index contributed by atoms with van der Waals surface area (Å²) in [6.07, 6.45) is -1.01. The van der Waals surface area contributed by atoms with Gasteiger partial charge in [0.2, 0.25) is 0 Å².